The number of carbonyl (C=O) groups is 1. The Kier molecular flexibility index (Phi) is 4.89. The van der Waals surface area contributed by atoms with Gasteiger partial charge in [-0.25, -0.2) is 4.39 Å². The van der Waals surface area contributed by atoms with E-state index in [0.717, 1.165) is 6.42 Å². The third kappa shape index (κ3) is 3.90. The maximum absolute atomic E-state index is 12.9. The van der Waals surface area contributed by atoms with Crippen LogP contribution in [0.4, 0.5) is 10.1 Å². The molecular formula is C11H14BrFN2O. The van der Waals surface area contributed by atoms with E-state index in [1.54, 1.807) is 0 Å². The van der Waals surface area contributed by atoms with E-state index in [4.69, 9.17) is 5.73 Å². The third-order valence-corrected chi connectivity index (χ3v) is 2.78. The number of carbonyl (C=O) groups excluding carboxylic acids is 1. The monoisotopic (exact) mass is 288 g/mol. The first-order chi connectivity index (χ1) is 7.52. The van der Waals surface area contributed by atoms with E-state index in [1.165, 1.54) is 18.2 Å². The Morgan fingerprint density at radius 3 is 2.88 bits per heavy atom. The Balaban J connectivity index is 2.59. The second-order valence-corrected chi connectivity index (χ2v) is 4.40. The smallest absolute Gasteiger partial charge is 0.225 e. The van der Waals surface area contributed by atoms with Gasteiger partial charge >= 0.3 is 0 Å². The molecule has 0 radical (unpaired) electrons. The molecule has 3 N–H and O–H groups in total. The molecule has 1 rings (SSSR count). The predicted molar refractivity (Wildman–Crippen MR) is 65.6 cm³/mol. The average Bonchev–Trinajstić information content (AvgIpc) is 2.23. The molecule has 0 heterocycles. The fourth-order valence-electron chi connectivity index (χ4n) is 1.17. The van der Waals surface area contributed by atoms with Crippen molar-refractivity contribution in [3.05, 3.63) is 28.5 Å². The lowest BCUT2D eigenvalue weighted by Gasteiger charge is -2.09. The van der Waals surface area contributed by atoms with Crippen molar-refractivity contribution >= 4 is 27.5 Å². The van der Waals surface area contributed by atoms with Crippen molar-refractivity contribution in [1.82, 2.24) is 0 Å². The molecule has 1 unspecified atom stereocenters. The number of nitrogens with one attached hydrogen (secondary N) is 1. The molecule has 0 aliphatic heterocycles. The van der Waals surface area contributed by atoms with Gasteiger partial charge in [-0.15, -0.1) is 0 Å². The van der Waals surface area contributed by atoms with Crippen molar-refractivity contribution in [3.8, 4) is 0 Å². The molecule has 16 heavy (non-hydrogen) atoms. The second-order valence-electron chi connectivity index (χ2n) is 3.55. The molecule has 1 atom stereocenters. The van der Waals surface area contributed by atoms with Crippen molar-refractivity contribution in [2.24, 2.45) is 5.73 Å². The van der Waals surface area contributed by atoms with Gasteiger partial charge < -0.3 is 11.1 Å². The largest absolute Gasteiger partial charge is 0.327 e. The Morgan fingerprint density at radius 2 is 2.31 bits per heavy atom. The van der Waals surface area contributed by atoms with Crippen LogP contribution >= 0.6 is 15.9 Å². The molecule has 0 fully saturated rings. The zero-order valence-electron chi connectivity index (χ0n) is 8.97. The molecule has 0 saturated carbocycles. The summed E-state index contributed by atoms with van der Waals surface area (Å²) in [5.74, 6) is -0.517. The van der Waals surface area contributed by atoms with E-state index < -0.39 is 0 Å². The van der Waals surface area contributed by atoms with Crippen molar-refractivity contribution in [2.75, 3.05) is 5.32 Å². The highest BCUT2D eigenvalue weighted by Gasteiger charge is 2.08. The number of amides is 1. The molecule has 5 heteroatoms. The maximum Gasteiger partial charge on any atom is 0.225 e. The zero-order valence-corrected chi connectivity index (χ0v) is 10.6. The summed E-state index contributed by atoms with van der Waals surface area (Å²) >= 11 is 3.05. The van der Waals surface area contributed by atoms with Crippen LogP contribution in [0, 0.1) is 5.82 Å². The lowest BCUT2D eigenvalue weighted by atomic mass is 10.1. The fourth-order valence-corrected chi connectivity index (χ4v) is 1.55. The molecule has 88 valence electrons. The zero-order chi connectivity index (χ0) is 12.1. The minimum absolute atomic E-state index is 0.135. The molecule has 1 aromatic rings. The molecule has 0 bridgehead atoms. The van der Waals surface area contributed by atoms with E-state index in [2.05, 4.69) is 21.2 Å². The van der Waals surface area contributed by atoms with Crippen LogP contribution < -0.4 is 11.1 Å². The van der Waals surface area contributed by atoms with E-state index in [1.807, 2.05) is 6.92 Å². The van der Waals surface area contributed by atoms with Gasteiger partial charge in [-0.3, -0.25) is 4.79 Å². The van der Waals surface area contributed by atoms with Gasteiger partial charge in [0.15, 0.2) is 0 Å². The van der Waals surface area contributed by atoms with Gasteiger partial charge in [0.1, 0.15) is 5.82 Å². The molecule has 0 spiro atoms. The quantitative estimate of drug-likeness (QED) is 0.895. The standard InChI is InChI=1S/C11H14BrFN2O/c1-2-7(14)5-11(16)15-8-3-4-10(13)9(12)6-8/h3-4,6-7H,2,5,14H2,1H3,(H,15,16). The topological polar surface area (TPSA) is 55.1 Å². The van der Waals surface area contributed by atoms with Crippen molar-refractivity contribution in [3.63, 3.8) is 0 Å². The SMILES string of the molecule is CCC(N)CC(=O)Nc1ccc(F)c(Br)c1. The van der Waals surface area contributed by atoms with Crippen LogP contribution in [-0.2, 0) is 4.79 Å². The third-order valence-electron chi connectivity index (χ3n) is 2.18. The molecular weight excluding hydrogens is 275 g/mol. The Bertz CT molecular complexity index is 384. The van der Waals surface area contributed by atoms with Gasteiger partial charge in [0.2, 0.25) is 5.91 Å². The van der Waals surface area contributed by atoms with Crippen molar-refractivity contribution < 1.29 is 9.18 Å². The first kappa shape index (κ1) is 13.1. The van der Waals surface area contributed by atoms with Gasteiger partial charge in [-0.05, 0) is 40.5 Å². The Morgan fingerprint density at radius 1 is 1.62 bits per heavy atom. The number of halogens is 2. The maximum atomic E-state index is 12.9. The summed E-state index contributed by atoms with van der Waals surface area (Å²) in [4.78, 5) is 11.5. The molecule has 0 aliphatic carbocycles. The van der Waals surface area contributed by atoms with Gasteiger partial charge in [0, 0.05) is 18.2 Å². The summed E-state index contributed by atoms with van der Waals surface area (Å²) in [6.07, 6.45) is 1.02. The van der Waals surface area contributed by atoms with Crippen molar-refractivity contribution in [1.29, 1.82) is 0 Å². The molecule has 0 saturated heterocycles. The van der Waals surface area contributed by atoms with E-state index in [9.17, 15) is 9.18 Å². The van der Waals surface area contributed by atoms with E-state index >= 15 is 0 Å². The molecule has 1 aromatic carbocycles. The van der Waals surface area contributed by atoms with E-state index in [-0.39, 0.29) is 24.2 Å². The molecule has 1 amide bonds. The normalized spacial score (nSPS) is 12.2. The van der Waals surface area contributed by atoms with Gasteiger partial charge in [0.05, 0.1) is 4.47 Å². The highest BCUT2D eigenvalue weighted by atomic mass is 79.9. The van der Waals surface area contributed by atoms with Crippen LogP contribution in [0.15, 0.2) is 22.7 Å². The predicted octanol–water partition coefficient (Wildman–Crippen LogP) is 2.65. The van der Waals surface area contributed by atoms with Crippen LogP contribution in [0.25, 0.3) is 0 Å². The lowest BCUT2D eigenvalue weighted by Crippen LogP contribution is -2.26. The fraction of sp³-hybridized carbons (Fsp3) is 0.364. The summed E-state index contributed by atoms with van der Waals surface area (Å²) in [5.41, 5.74) is 6.21. The summed E-state index contributed by atoms with van der Waals surface area (Å²) in [7, 11) is 0. The highest BCUT2D eigenvalue weighted by Crippen LogP contribution is 2.20. The minimum Gasteiger partial charge on any atom is -0.327 e. The van der Waals surface area contributed by atoms with Crippen LogP contribution in [-0.4, -0.2) is 11.9 Å². The van der Waals surface area contributed by atoms with Crippen LogP contribution in [0.3, 0.4) is 0 Å². The number of nitrogens with two attached hydrogens (primary N) is 1. The summed E-state index contributed by atoms with van der Waals surface area (Å²) in [5, 5.41) is 2.66. The Labute approximate surface area is 102 Å². The number of anilines is 1. The van der Waals surface area contributed by atoms with Gasteiger partial charge in [-0.2, -0.15) is 0 Å². The summed E-state index contributed by atoms with van der Waals surface area (Å²) in [6, 6.07) is 4.18. The van der Waals surface area contributed by atoms with Crippen molar-refractivity contribution in [2.45, 2.75) is 25.8 Å². The molecule has 3 nitrogen and oxygen atoms in total. The average molecular weight is 289 g/mol. The molecule has 0 aliphatic rings. The van der Waals surface area contributed by atoms with Crippen LogP contribution in [0.1, 0.15) is 19.8 Å². The number of rotatable bonds is 4. The number of hydrogen-bond donors (Lipinski definition) is 2. The number of benzene rings is 1. The first-order valence-corrected chi connectivity index (χ1v) is 5.82. The summed E-state index contributed by atoms with van der Waals surface area (Å²) < 4.78 is 13.2. The lowest BCUT2D eigenvalue weighted by molar-refractivity contribution is -0.116. The minimum atomic E-state index is -0.358. The van der Waals surface area contributed by atoms with Gasteiger partial charge in [-0.1, -0.05) is 6.92 Å². The second kappa shape index (κ2) is 5.96. The first-order valence-electron chi connectivity index (χ1n) is 5.03. The van der Waals surface area contributed by atoms with Crippen LogP contribution in [0.5, 0.6) is 0 Å². The Hall–Kier alpha value is -0.940. The molecule has 0 aromatic heterocycles. The van der Waals surface area contributed by atoms with E-state index in [0.29, 0.717) is 10.2 Å². The number of hydrogen-bond acceptors (Lipinski definition) is 2. The summed E-state index contributed by atoms with van der Waals surface area (Å²) in [6.45, 7) is 1.92. The van der Waals surface area contributed by atoms with Crippen LogP contribution in [0.2, 0.25) is 0 Å². The van der Waals surface area contributed by atoms with Gasteiger partial charge in [0.25, 0.3) is 0 Å². The highest BCUT2D eigenvalue weighted by molar-refractivity contribution is 9.10.